The van der Waals surface area contributed by atoms with Crippen molar-refractivity contribution in [3.63, 3.8) is 0 Å². The number of hydrogen-bond donors (Lipinski definition) is 1. The van der Waals surface area contributed by atoms with Crippen LogP contribution >= 0.6 is 11.8 Å². The number of ether oxygens (including phenoxy) is 5. The molecule has 3 amide bonds. The van der Waals surface area contributed by atoms with Crippen LogP contribution in [0.15, 0.2) is 53.6 Å². The van der Waals surface area contributed by atoms with Gasteiger partial charge in [-0.05, 0) is 57.4 Å². The lowest BCUT2D eigenvalue weighted by Crippen LogP contribution is -2.48. The lowest BCUT2D eigenvalue weighted by Gasteiger charge is -2.37. The third-order valence-electron chi connectivity index (χ3n) is 7.12. The Morgan fingerprint density at radius 2 is 1.56 bits per heavy atom. The van der Waals surface area contributed by atoms with Crippen molar-refractivity contribution in [2.24, 2.45) is 5.10 Å². The van der Waals surface area contributed by atoms with Crippen LogP contribution in [0.4, 0.5) is 18.4 Å². The Morgan fingerprint density at radius 1 is 0.940 bits per heavy atom. The second-order valence-corrected chi connectivity index (χ2v) is 13.5. The highest BCUT2D eigenvalue weighted by molar-refractivity contribution is 8.15. The predicted octanol–water partition coefficient (Wildman–Crippen LogP) is 5.54. The molecule has 3 rings (SSSR count). The molecule has 1 aliphatic heterocycles. The van der Waals surface area contributed by atoms with Gasteiger partial charge in [0.15, 0.2) is 0 Å². The summed E-state index contributed by atoms with van der Waals surface area (Å²) in [6, 6.07) is 11.9. The number of nitrogens with one attached hydrogen (secondary N) is 1. The number of halogens is 2. The van der Waals surface area contributed by atoms with Crippen molar-refractivity contribution < 1.29 is 46.8 Å². The standard InChI is InChI=1S/C35H48F2N4O8S/c1-34(2,3)49-32(43)38-15-8-14-35(27-10-6-5-7-11-27)41(39-31(50-35)29-26-28(36)12-13-30(29)37)33(44)40(4)16-19-46-21-23-48-25-24-47-22-20-45-18-9-17-42/h5-7,10-13,17,26H,8-9,14-16,18-25H2,1-4H3,(H,38,43)/t35-/m0/s1. The highest BCUT2D eigenvalue weighted by atomic mass is 32.2. The quantitative estimate of drug-likeness (QED) is 0.131. The predicted molar refractivity (Wildman–Crippen MR) is 186 cm³/mol. The highest BCUT2D eigenvalue weighted by Crippen LogP contribution is 2.51. The molecule has 1 heterocycles. The third kappa shape index (κ3) is 13.2. The largest absolute Gasteiger partial charge is 0.444 e. The molecular weight excluding hydrogens is 674 g/mol. The first-order chi connectivity index (χ1) is 24.0. The normalized spacial score (nSPS) is 15.9. The maximum atomic E-state index is 15.0. The smallest absolute Gasteiger partial charge is 0.407 e. The maximum Gasteiger partial charge on any atom is 0.407 e. The summed E-state index contributed by atoms with van der Waals surface area (Å²) < 4.78 is 56.5. The van der Waals surface area contributed by atoms with Crippen molar-refractivity contribution >= 4 is 35.2 Å². The van der Waals surface area contributed by atoms with Gasteiger partial charge in [0, 0.05) is 32.1 Å². The molecule has 1 aliphatic rings. The summed E-state index contributed by atoms with van der Waals surface area (Å²) in [5.74, 6) is -1.31. The summed E-state index contributed by atoms with van der Waals surface area (Å²) in [4.78, 5) is 37.0. The number of carbonyl (C=O) groups excluding carboxylic acids is 3. The molecule has 2 aromatic rings. The van der Waals surface area contributed by atoms with Crippen LogP contribution in [-0.2, 0) is 33.3 Å². The molecule has 0 spiro atoms. The Labute approximate surface area is 296 Å². The number of aldehydes is 1. The SMILES string of the molecule is CN(CCOCCOCCOCCOCCC=O)C(=O)N1N=C(c2cc(F)ccc2F)S[C@@]1(CCCNC(=O)OC(C)(C)C)c1ccccc1. The number of carbonyl (C=O) groups is 3. The van der Waals surface area contributed by atoms with Crippen LogP contribution in [0.25, 0.3) is 0 Å². The maximum absolute atomic E-state index is 15.0. The van der Waals surface area contributed by atoms with E-state index in [4.69, 9.17) is 23.7 Å². The van der Waals surface area contributed by atoms with Gasteiger partial charge < -0.3 is 38.7 Å². The van der Waals surface area contributed by atoms with Crippen molar-refractivity contribution in [3.05, 3.63) is 71.3 Å². The number of rotatable bonds is 21. The summed E-state index contributed by atoms with van der Waals surface area (Å²) in [5, 5.41) is 8.81. The Kier molecular flexibility index (Phi) is 17.1. The average Bonchev–Trinajstić information content (AvgIpc) is 3.47. The number of hydrogen-bond acceptors (Lipinski definition) is 10. The molecule has 0 saturated heterocycles. The molecule has 1 N–H and O–H groups in total. The number of thioether (sulfide) groups is 1. The summed E-state index contributed by atoms with van der Waals surface area (Å²) >= 11 is 1.16. The Bertz CT molecular complexity index is 1400. The van der Waals surface area contributed by atoms with Gasteiger partial charge in [-0.3, -0.25) is 0 Å². The number of benzene rings is 2. The second-order valence-electron chi connectivity index (χ2n) is 12.2. The van der Waals surface area contributed by atoms with Gasteiger partial charge >= 0.3 is 12.1 Å². The van der Waals surface area contributed by atoms with Crippen LogP contribution in [0, 0.1) is 11.6 Å². The Hall–Kier alpha value is -3.63. The minimum atomic E-state index is -1.14. The van der Waals surface area contributed by atoms with Gasteiger partial charge in [-0.1, -0.05) is 42.1 Å². The summed E-state index contributed by atoms with van der Waals surface area (Å²) in [6.45, 7) is 8.59. The summed E-state index contributed by atoms with van der Waals surface area (Å²) in [6.07, 6.45) is 1.32. The molecule has 1 atom stereocenters. The zero-order chi connectivity index (χ0) is 36.4. The zero-order valence-electron chi connectivity index (χ0n) is 29.2. The minimum absolute atomic E-state index is 0.0585. The van der Waals surface area contributed by atoms with Crippen molar-refractivity contribution in [2.45, 2.75) is 50.5 Å². The van der Waals surface area contributed by atoms with E-state index in [-0.39, 0.29) is 30.3 Å². The summed E-state index contributed by atoms with van der Waals surface area (Å²) in [5.41, 5.74) is 0.00261. The molecular formula is C35H48F2N4O8S. The summed E-state index contributed by atoms with van der Waals surface area (Å²) in [7, 11) is 1.61. The fraction of sp³-hybridized carbons (Fsp3) is 0.543. The van der Waals surface area contributed by atoms with Gasteiger partial charge in [-0.15, -0.1) is 0 Å². The Morgan fingerprint density at radius 3 is 2.18 bits per heavy atom. The number of hydrazone groups is 1. The molecule has 12 nitrogen and oxygen atoms in total. The van der Waals surface area contributed by atoms with E-state index in [9.17, 15) is 18.8 Å². The molecule has 0 bridgehead atoms. The van der Waals surface area contributed by atoms with Crippen LogP contribution in [0.2, 0.25) is 0 Å². The van der Waals surface area contributed by atoms with Crippen molar-refractivity contribution in [3.8, 4) is 0 Å². The van der Waals surface area contributed by atoms with E-state index < -0.39 is 34.2 Å². The van der Waals surface area contributed by atoms with Gasteiger partial charge in [0.05, 0.1) is 52.9 Å². The second kappa shape index (κ2) is 20.9. The van der Waals surface area contributed by atoms with Gasteiger partial charge in [0.2, 0.25) is 0 Å². The molecule has 276 valence electrons. The molecule has 2 aromatic carbocycles. The van der Waals surface area contributed by atoms with E-state index in [2.05, 4.69) is 10.4 Å². The lowest BCUT2D eigenvalue weighted by atomic mass is 10.0. The fourth-order valence-corrected chi connectivity index (χ4v) is 6.14. The van der Waals surface area contributed by atoms with Crippen molar-refractivity contribution in [2.75, 3.05) is 73.0 Å². The molecule has 0 aromatic heterocycles. The van der Waals surface area contributed by atoms with E-state index in [1.807, 2.05) is 30.3 Å². The average molecular weight is 723 g/mol. The van der Waals surface area contributed by atoms with Gasteiger partial charge in [0.1, 0.15) is 33.4 Å². The first kappa shape index (κ1) is 40.8. The van der Waals surface area contributed by atoms with Crippen molar-refractivity contribution in [1.82, 2.24) is 15.2 Å². The lowest BCUT2D eigenvalue weighted by molar-refractivity contribution is -0.109. The van der Waals surface area contributed by atoms with Gasteiger partial charge in [-0.2, -0.15) is 10.1 Å². The van der Waals surface area contributed by atoms with Crippen LogP contribution in [0.1, 0.15) is 51.2 Å². The first-order valence-electron chi connectivity index (χ1n) is 16.5. The van der Waals surface area contributed by atoms with Crippen LogP contribution in [0.5, 0.6) is 0 Å². The highest BCUT2D eigenvalue weighted by Gasteiger charge is 2.49. The van der Waals surface area contributed by atoms with Gasteiger partial charge in [-0.25, -0.2) is 18.4 Å². The topological polar surface area (TPSA) is 128 Å². The molecule has 50 heavy (non-hydrogen) atoms. The van der Waals surface area contributed by atoms with Crippen molar-refractivity contribution in [1.29, 1.82) is 0 Å². The van der Waals surface area contributed by atoms with E-state index >= 15 is 4.39 Å². The number of nitrogens with zero attached hydrogens (tertiary/aromatic N) is 3. The van der Waals surface area contributed by atoms with Gasteiger partial charge in [0.25, 0.3) is 0 Å². The molecule has 0 unspecified atom stereocenters. The number of amides is 3. The third-order valence-corrected chi connectivity index (χ3v) is 8.56. The molecule has 0 fully saturated rings. The van der Waals surface area contributed by atoms with E-state index in [0.29, 0.717) is 65.5 Å². The molecule has 15 heteroatoms. The molecule has 0 aliphatic carbocycles. The first-order valence-corrected chi connectivity index (χ1v) is 17.3. The van der Waals surface area contributed by atoms with Crippen LogP contribution < -0.4 is 5.32 Å². The molecule has 0 saturated carbocycles. The number of alkyl carbamates (subject to hydrolysis) is 1. The van der Waals surface area contributed by atoms with Crippen LogP contribution in [-0.4, -0.2) is 112 Å². The Balaban J connectivity index is 1.64. The monoisotopic (exact) mass is 722 g/mol. The zero-order valence-corrected chi connectivity index (χ0v) is 30.0. The van der Waals surface area contributed by atoms with E-state index in [1.54, 1.807) is 27.8 Å². The number of urea groups is 1. The number of likely N-dealkylation sites (N-methyl/N-ethyl adjacent to an activating group) is 1. The minimum Gasteiger partial charge on any atom is -0.444 e. The van der Waals surface area contributed by atoms with E-state index in [0.717, 1.165) is 41.8 Å². The fourth-order valence-electron chi connectivity index (χ4n) is 4.73. The van der Waals surface area contributed by atoms with Crippen LogP contribution in [0.3, 0.4) is 0 Å². The molecule has 0 radical (unpaired) electrons. The van der Waals surface area contributed by atoms with E-state index in [1.165, 1.54) is 9.91 Å².